The molecule has 1 aromatic rings. The van der Waals surface area contributed by atoms with Crippen LogP contribution in [0, 0.1) is 30.7 Å². The molecule has 0 fully saturated rings. The fourth-order valence-electron chi connectivity index (χ4n) is 2.26. The number of Topliss-reactive ketones (excluding diaryl/α,β-unsaturated/α-hetero) is 1. The van der Waals surface area contributed by atoms with Crippen LogP contribution in [0.25, 0.3) is 0 Å². The van der Waals surface area contributed by atoms with E-state index in [-0.39, 0.29) is 55.2 Å². The van der Waals surface area contributed by atoms with Crippen molar-refractivity contribution in [3.63, 3.8) is 0 Å². The molecule has 4 nitrogen and oxygen atoms in total. The molecule has 0 aliphatic heterocycles. The van der Waals surface area contributed by atoms with Gasteiger partial charge in [-0.25, -0.2) is 0 Å². The number of rotatable bonds is 5. The molecule has 137 valence electrons. The van der Waals surface area contributed by atoms with Crippen molar-refractivity contribution in [1.82, 2.24) is 15.0 Å². The quantitative estimate of drug-likeness (QED) is 0.659. The molecule has 1 rings (SSSR count). The molecule has 0 N–H and O–H groups in total. The summed E-state index contributed by atoms with van der Waals surface area (Å²) >= 11 is 0. The number of carbonyl (C=O) groups is 1. The summed E-state index contributed by atoms with van der Waals surface area (Å²) in [6.45, 7) is 18.4. The van der Waals surface area contributed by atoms with E-state index in [0.29, 0.717) is 0 Å². The van der Waals surface area contributed by atoms with Gasteiger partial charge in [-0.1, -0.05) is 67.5 Å². The SMILES string of the molecule is [CH2-]C(CC(C)(C)C)C(=O)C(C)(C)C.[CH2-]n1cc(CCCC)nn1.[Y]. The van der Waals surface area contributed by atoms with Gasteiger partial charge < -0.3 is 16.4 Å². The molecule has 5 heteroatoms. The maximum Gasteiger partial charge on any atom is 0.111 e. The van der Waals surface area contributed by atoms with Crippen LogP contribution >= 0.6 is 0 Å². The smallest absolute Gasteiger partial charge is 0.111 e. The second-order valence-electron chi connectivity index (χ2n) is 8.43. The van der Waals surface area contributed by atoms with Gasteiger partial charge in [0, 0.05) is 43.8 Å². The summed E-state index contributed by atoms with van der Waals surface area (Å²) in [6, 6.07) is 0. The van der Waals surface area contributed by atoms with Crippen LogP contribution in [0.2, 0.25) is 0 Å². The van der Waals surface area contributed by atoms with Crippen LogP contribution in [-0.4, -0.2) is 20.8 Å². The molecule has 0 saturated carbocycles. The van der Waals surface area contributed by atoms with Gasteiger partial charge in [-0.15, -0.1) is 11.1 Å². The standard InChI is InChI=1S/C12H23O.C7H12N3.Y/c1-9(8-11(2,3)4)10(13)12(5,6)7;1-3-4-5-7-6-10(2)9-8-7;/h9H,1,8H2,2-7H3;6H,2-5H2,1H3;/q2*-1;. The first-order valence-corrected chi connectivity index (χ1v) is 8.46. The van der Waals surface area contributed by atoms with Gasteiger partial charge in [-0.2, -0.15) is 12.1 Å². The molecule has 1 aromatic heterocycles. The van der Waals surface area contributed by atoms with Crippen LogP contribution in [0.1, 0.15) is 73.4 Å². The molecule has 0 aliphatic rings. The molecule has 1 unspecified atom stereocenters. The zero-order valence-electron chi connectivity index (χ0n) is 16.7. The van der Waals surface area contributed by atoms with E-state index in [0.717, 1.165) is 18.5 Å². The second kappa shape index (κ2) is 11.4. The van der Waals surface area contributed by atoms with E-state index in [1.807, 2.05) is 27.0 Å². The maximum atomic E-state index is 11.8. The molecule has 1 heterocycles. The molecule has 1 atom stereocenters. The molecule has 0 saturated heterocycles. The first-order valence-electron chi connectivity index (χ1n) is 8.46. The van der Waals surface area contributed by atoms with Crippen LogP contribution in [0.15, 0.2) is 6.20 Å². The summed E-state index contributed by atoms with van der Waals surface area (Å²) in [4.78, 5) is 11.8. The summed E-state index contributed by atoms with van der Waals surface area (Å²) < 4.78 is 1.49. The number of nitrogens with zero attached hydrogens (tertiary/aromatic N) is 3. The normalized spacial score (nSPS) is 12.7. The van der Waals surface area contributed by atoms with Crippen molar-refractivity contribution in [2.45, 2.75) is 74.1 Å². The van der Waals surface area contributed by atoms with Crippen molar-refractivity contribution in [3.8, 4) is 0 Å². The van der Waals surface area contributed by atoms with Crippen LogP contribution < -0.4 is 0 Å². The summed E-state index contributed by atoms with van der Waals surface area (Å²) in [6.07, 6.45) is 6.12. The van der Waals surface area contributed by atoms with Gasteiger partial charge in [0.1, 0.15) is 5.78 Å². The van der Waals surface area contributed by atoms with E-state index < -0.39 is 0 Å². The predicted octanol–water partition coefficient (Wildman–Crippen LogP) is 4.75. The minimum absolute atomic E-state index is 0. The van der Waals surface area contributed by atoms with Crippen molar-refractivity contribution in [3.05, 3.63) is 25.9 Å². The number of unbranched alkanes of at least 4 members (excludes halogenated alkanes) is 1. The summed E-state index contributed by atoms with van der Waals surface area (Å²) in [5.41, 5.74) is 0.974. The molecule has 0 spiro atoms. The first kappa shape index (κ1) is 26.0. The third-order valence-corrected chi connectivity index (χ3v) is 3.34. The van der Waals surface area contributed by atoms with E-state index in [1.54, 1.807) is 0 Å². The summed E-state index contributed by atoms with van der Waals surface area (Å²) in [5.74, 6) is 0.197. The third-order valence-electron chi connectivity index (χ3n) is 3.34. The average molecular weight is 410 g/mol. The van der Waals surface area contributed by atoms with Crippen LogP contribution in [0.4, 0.5) is 0 Å². The Balaban J connectivity index is 0. The van der Waals surface area contributed by atoms with Gasteiger partial charge in [-0.05, 0) is 18.3 Å². The molecular weight excluding hydrogens is 375 g/mol. The third kappa shape index (κ3) is 12.2. The number of aryl methyl sites for hydroxylation is 1. The molecule has 0 bridgehead atoms. The Hall–Kier alpha value is -0.216. The zero-order valence-corrected chi connectivity index (χ0v) is 19.6. The molecule has 1 radical (unpaired) electrons. The van der Waals surface area contributed by atoms with Crippen molar-refractivity contribution >= 4 is 5.78 Å². The van der Waals surface area contributed by atoms with Gasteiger partial charge in [0.15, 0.2) is 0 Å². The summed E-state index contributed by atoms with van der Waals surface area (Å²) in [5, 5.41) is 7.63. The Bertz CT molecular complexity index is 470. The predicted molar refractivity (Wildman–Crippen MR) is 96.8 cm³/mol. The van der Waals surface area contributed by atoms with Crippen molar-refractivity contribution in [2.24, 2.45) is 16.7 Å². The van der Waals surface area contributed by atoms with E-state index >= 15 is 0 Å². The number of hydrogen-bond acceptors (Lipinski definition) is 3. The van der Waals surface area contributed by atoms with Gasteiger partial charge in [0.25, 0.3) is 0 Å². The van der Waals surface area contributed by atoms with Crippen LogP contribution in [0.5, 0.6) is 0 Å². The summed E-state index contributed by atoms with van der Waals surface area (Å²) in [7, 11) is 3.59. The minimum atomic E-state index is -0.252. The molecule has 0 aliphatic carbocycles. The number of aromatic nitrogens is 3. The van der Waals surface area contributed by atoms with Gasteiger partial charge in [-0.3, -0.25) is 0 Å². The number of hydrogen-bond donors (Lipinski definition) is 0. The maximum absolute atomic E-state index is 11.8. The van der Waals surface area contributed by atoms with Crippen molar-refractivity contribution < 1.29 is 37.5 Å². The Morgan fingerprint density at radius 1 is 1.25 bits per heavy atom. The Morgan fingerprint density at radius 2 is 1.79 bits per heavy atom. The first-order chi connectivity index (χ1) is 10.4. The van der Waals surface area contributed by atoms with Crippen LogP contribution in [-0.2, 0) is 43.9 Å². The Kier molecular flexibility index (Phi) is 12.4. The zero-order chi connectivity index (χ0) is 18.3. The molecule has 24 heavy (non-hydrogen) atoms. The fourth-order valence-corrected chi connectivity index (χ4v) is 2.26. The molecule has 0 amide bonds. The average Bonchev–Trinajstić information content (AvgIpc) is 2.79. The fraction of sp³-hybridized carbons (Fsp3) is 0.737. The van der Waals surface area contributed by atoms with E-state index in [4.69, 9.17) is 0 Å². The van der Waals surface area contributed by atoms with Crippen molar-refractivity contribution in [1.29, 1.82) is 0 Å². The number of carbonyl (C=O) groups excluding carboxylic acids is 1. The minimum Gasteiger partial charge on any atom is -0.388 e. The number of ketones is 1. The molecular formula is C19H35N3OY-2. The van der Waals surface area contributed by atoms with E-state index in [2.05, 4.69) is 52.0 Å². The topological polar surface area (TPSA) is 47.8 Å². The Labute approximate surface area is 174 Å². The van der Waals surface area contributed by atoms with Crippen LogP contribution in [0.3, 0.4) is 0 Å². The monoisotopic (exact) mass is 410 g/mol. The van der Waals surface area contributed by atoms with Gasteiger partial charge >= 0.3 is 0 Å². The van der Waals surface area contributed by atoms with Gasteiger partial charge in [0.05, 0.1) is 0 Å². The largest absolute Gasteiger partial charge is 0.388 e. The van der Waals surface area contributed by atoms with Crippen molar-refractivity contribution in [2.75, 3.05) is 0 Å². The van der Waals surface area contributed by atoms with E-state index in [9.17, 15) is 4.79 Å². The molecule has 0 aromatic carbocycles. The van der Waals surface area contributed by atoms with E-state index in [1.165, 1.54) is 17.5 Å². The Morgan fingerprint density at radius 3 is 2.12 bits per heavy atom. The second-order valence-corrected chi connectivity index (χ2v) is 8.43. The van der Waals surface area contributed by atoms with Gasteiger partial charge in [0.2, 0.25) is 0 Å².